The van der Waals surface area contributed by atoms with Crippen LogP contribution in [0, 0.1) is 11.3 Å². The number of carbonyl (C=O) groups is 2. The third-order valence-corrected chi connectivity index (χ3v) is 5.11. The molecule has 0 fully saturated rings. The zero-order valence-corrected chi connectivity index (χ0v) is 15.8. The Morgan fingerprint density at radius 3 is 2.12 bits per heavy atom. The van der Waals surface area contributed by atoms with Crippen LogP contribution in [0.2, 0.25) is 0 Å². The second-order valence-electron chi connectivity index (χ2n) is 6.85. The van der Waals surface area contributed by atoms with E-state index in [9.17, 15) is 19.8 Å². The van der Waals surface area contributed by atoms with Crippen molar-refractivity contribution in [2.24, 2.45) is 11.3 Å². The van der Waals surface area contributed by atoms with E-state index in [1.54, 1.807) is 0 Å². The van der Waals surface area contributed by atoms with Crippen LogP contribution in [0.5, 0.6) is 0 Å². The van der Waals surface area contributed by atoms with Crippen LogP contribution in [0.15, 0.2) is 35.5 Å². The monoisotopic (exact) mass is 348 g/mol. The third kappa shape index (κ3) is 5.07. The van der Waals surface area contributed by atoms with Gasteiger partial charge in [0.15, 0.2) is 0 Å². The summed E-state index contributed by atoms with van der Waals surface area (Å²) in [5.41, 5.74) is -0.332. The van der Waals surface area contributed by atoms with Crippen LogP contribution in [-0.2, 0) is 9.59 Å². The van der Waals surface area contributed by atoms with Crippen LogP contribution in [-0.4, -0.2) is 22.2 Å². The molecule has 25 heavy (non-hydrogen) atoms. The molecule has 0 aliphatic heterocycles. The second kappa shape index (κ2) is 10.2. The van der Waals surface area contributed by atoms with Crippen molar-refractivity contribution in [1.82, 2.24) is 0 Å². The maximum Gasteiger partial charge on any atom is 0.343 e. The number of aliphatic carboxylic acids is 2. The zero-order valence-electron chi connectivity index (χ0n) is 15.8. The average molecular weight is 348 g/mol. The number of hydrogen-bond donors (Lipinski definition) is 2. The van der Waals surface area contributed by atoms with Crippen LogP contribution < -0.4 is 0 Å². The van der Waals surface area contributed by atoms with Gasteiger partial charge in [-0.15, -0.1) is 0 Å². The highest BCUT2D eigenvalue weighted by Gasteiger charge is 2.42. The summed E-state index contributed by atoms with van der Waals surface area (Å²) in [6.07, 6.45) is 15.1. The maximum absolute atomic E-state index is 11.8. The molecular formula is C21H32O4. The van der Waals surface area contributed by atoms with Crippen molar-refractivity contribution < 1.29 is 19.8 Å². The Labute approximate surface area is 151 Å². The van der Waals surface area contributed by atoms with Crippen molar-refractivity contribution >= 4 is 11.9 Å². The van der Waals surface area contributed by atoms with Gasteiger partial charge in [0.1, 0.15) is 5.57 Å². The molecule has 4 nitrogen and oxygen atoms in total. The molecule has 2 N–H and O–H groups in total. The summed E-state index contributed by atoms with van der Waals surface area (Å²) >= 11 is 0. The fourth-order valence-electron chi connectivity index (χ4n) is 3.95. The fraction of sp³-hybridized carbons (Fsp3) is 0.619. The predicted molar refractivity (Wildman–Crippen MR) is 100 cm³/mol. The Kier molecular flexibility index (Phi) is 8.67. The minimum absolute atomic E-state index is 0.151. The van der Waals surface area contributed by atoms with E-state index < -0.39 is 22.9 Å². The van der Waals surface area contributed by atoms with Gasteiger partial charge in [-0.2, -0.15) is 0 Å². The van der Waals surface area contributed by atoms with E-state index in [0.717, 1.165) is 44.9 Å². The first-order chi connectivity index (χ1) is 11.9. The summed E-state index contributed by atoms with van der Waals surface area (Å²) in [6.45, 7) is 6.25. The van der Waals surface area contributed by atoms with Gasteiger partial charge in [0.2, 0.25) is 0 Å². The molecule has 0 aromatic rings. The number of hydrogen-bond acceptors (Lipinski definition) is 2. The fourth-order valence-corrected chi connectivity index (χ4v) is 3.95. The van der Waals surface area contributed by atoms with E-state index in [-0.39, 0.29) is 5.92 Å². The second-order valence-corrected chi connectivity index (χ2v) is 6.85. The molecule has 4 heteroatoms. The molecule has 0 spiro atoms. The minimum atomic E-state index is -1.33. The largest absolute Gasteiger partial charge is 0.477 e. The SMILES string of the molecule is CCCCC(=C(C(=O)O)C(=O)O)C1(CCC)C=CC=CC1CCCC. The van der Waals surface area contributed by atoms with Gasteiger partial charge in [-0.05, 0) is 37.2 Å². The lowest BCUT2D eigenvalue weighted by atomic mass is 9.61. The smallest absolute Gasteiger partial charge is 0.343 e. The first kappa shape index (κ1) is 21.2. The lowest BCUT2D eigenvalue weighted by Gasteiger charge is -2.42. The van der Waals surface area contributed by atoms with Gasteiger partial charge in [-0.3, -0.25) is 0 Å². The number of allylic oxidation sites excluding steroid dienone is 5. The molecule has 0 saturated carbocycles. The van der Waals surface area contributed by atoms with Crippen LogP contribution in [0.25, 0.3) is 0 Å². The lowest BCUT2D eigenvalue weighted by Crippen LogP contribution is -2.34. The molecule has 2 atom stereocenters. The number of unbranched alkanes of at least 4 members (excludes halogenated alkanes) is 2. The molecule has 1 rings (SSSR count). The Morgan fingerprint density at radius 2 is 1.60 bits per heavy atom. The van der Waals surface area contributed by atoms with E-state index in [4.69, 9.17) is 0 Å². The molecule has 1 aliphatic carbocycles. The van der Waals surface area contributed by atoms with Crippen LogP contribution in [0.1, 0.15) is 72.1 Å². The van der Waals surface area contributed by atoms with Gasteiger partial charge >= 0.3 is 11.9 Å². The van der Waals surface area contributed by atoms with Crippen molar-refractivity contribution in [1.29, 1.82) is 0 Å². The summed E-state index contributed by atoms with van der Waals surface area (Å²) in [4.78, 5) is 23.5. The molecule has 0 saturated heterocycles. The first-order valence-corrected chi connectivity index (χ1v) is 9.50. The third-order valence-electron chi connectivity index (χ3n) is 5.11. The molecular weight excluding hydrogens is 316 g/mol. The summed E-state index contributed by atoms with van der Waals surface area (Å²) in [5, 5.41) is 19.2. The molecule has 1 aliphatic rings. The highest BCUT2D eigenvalue weighted by molar-refractivity contribution is 6.13. The quantitative estimate of drug-likeness (QED) is 0.299. The van der Waals surface area contributed by atoms with E-state index >= 15 is 0 Å². The minimum Gasteiger partial charge on any atom is -0.477 e. The van der Waals surface area contributed by atoms with Gasteiger partial charge in [-0.25, -0.2) is 9.59 Å². The average Bonchev–Trinajstić information content (AvgIpc) is 2.57. The van der Waals surface area contributed by atoms with Crippen molar-refractivity contribution in [3.63, 3.8) is 0 Å². The summed E-state index contributed by atoms with van der Waals surface area (Å²) < 4.78 is 0. The van der Waals surface area contributed by atoms with E-state index in [1.165, 1.54) is 0 Å². The molecule has 0 bridgehead atoms. The Hall–Kier alpha value is -1.84. The van der Waals surface area contributed by atoms with Gasteiger partial charge in [0.25, 0.3) is 0 Å². The van der Waals surface area contributed by atoms with Gasteiger partial charge in [0.05, 0.1) is 0 Å². The van der Waals surface area contributed by atoms with E-state index in [2.05, 4.69) is 26.0 Å². The molecule has 0 amide bonds. The standard InChI is InChI=1S/C21H32O4/c1-4-7-11-16-12-9-10-15-21(16,14-6-3)17(13-8-5-2)18(19(22)23)20(24)25/h9-10,12,15-16H,4-8,11,13-14H2,1-3H3,(H,22,23)(H,24,25). The summed E-state index contributed by atoms with van der Waals surface area (Å²) in [5.74, 6) is -2.50. The number of carboxylic acid groups (broad SMARTS) is 2. The van der Waals surface area contributed by atoms with Crippen molar-refractivity contribution in [3.05, 3.63) is 35.5 Å². The summed E-state index contributed by atoms with van der Waals surface area (Å²) in [6, 6.07) is 0. The normalized spacial score (nSPS) is 22.0. The van der Waals surface area contributed by atoms with Crippen LogP contribution >= 0.6 is 0 Å². The van der Waals surface area contributed by atoms with Gasteiger partial charge in [-0.1, -0.05) is 70.8 Å². The molecule has 140 valence electrons. The lowest BCUT2D eigenvalue weighted by molar-refractivity contribution is -0.140. The molecule has 0 aromatic carbocycles. The van der Waals surface area contributed by atoms with Gasteiger partial charge in [0, 0.05) is 5.41 Å². The highest BCUT2D eigenvalue weighted by atomic mass is 16.4. The van der Waals surface area contributed by atoms with Crippen LogP contribution in [0.3, 0.4) is 0 Å². The molecule has 2 unspecified atom stereocenters. The van der Waals surface area contributed by atoms with Crippen molar-refractivity contribution in [2.75, 3.05) is 0 Å². The van der Waals surface area contributed by atoms with Crippen molar-refractivity contribution in [3.8, 4) is 0 Å². The van der Waals surface area contributed by atoms with Gasteiger partial charge < -0.3 is 10.2 Å². The first-order valence-electron chi connectivity index (χ1n) is 9.50. The Morgan fingerprint density at radius 1 is 0.960 bits per heavy atom. The predicted octanol–water partition coefficient (Wildman–Crippen LogP) is 5.36. The van der Waals surface area contributed by atoms with Crippen molar-refractivity contribution in [2.45, 2.75) is 72.1 Å². The van der Waals surface area contributed by atoms with E-state index in [1.807, 2.05) is 19.1 Å². The molecule has 0 heterocycles. The topological polar surface area (TPSA) is 74.6 Å². The Bertz CT molecular complexity index is 540. The van der Waals surface area contributed by atoms with Crippen LogP contribution in [0.4, 0.5) is 0 Å². The van der Waals surface area contributed by atoms with E-state index in [0.29, 0.717) is 12.0 Å². The summed E-state index contributed by atoms with van der Waals surface area (Å²) in [7, 11) is 0. The highest BCUT2D eigenvalue weighted by Crippen LogP contribution is 2.49. The molecule has 0 radical (unpaired) electrons. The maximum atomic E-state index is 11.8. The molecule has 0 aromatic heterocycles. The zero-order chi connectivity index (χ0) is 18.9. The number of rotatable bonds is 11. The number of carboxylic acids is 2. The Balaban J connectivity index is 3.57.